The zero-order chi connectivity index (χ0) is 18.0. The van der Waals surface area contributed by atoms with Crippen LogP contribution in [-0.2, 0) is 4.74 Å². The standard InChI is InChI=1S/C22H22N4O/c1-14-10-16(6-7-23-14)22-25(8-9-27-22)21-11-17-13-24-26(18-4-5-18)20(17)12-19(21)15-2-3-15/h6-13,15,18,22H,2-5H2,1H3. The molecule has 27 heavy (non-hydrogen) atoms. The van der Waals surface area contributed by atoms with E-state index in [0.29, 0.717) is 12.0 Å². The number of ether oxygens (including phenoxy) is 1. The normalized spacial score (nSPS) is 21.8. The Morgan fingerprint density at radius 1 is 1.11 bits per heavy atom. The summed E-state index contributed by atoms with van der Waals surface area (Å²) in [6.45, 7) is 2.02. The van der Waals surface area contributed by atoms with E-state index < -0.39 is 0 Å². The third kappa shape index (κ3) is 2.52. The van der Waals surface area contributed by atoms with E-state index in [-0.39, 0.29) is 6.23 Å². The first-order chi connectivity index (χ1) is 13.3. The van der Waals surface area contributed by atoms with E-state index in [9.17, 15) is 0 Å². The number of fused-ring (bicyclic) bond motifs is 1. The molecule has 5 heteroatoms. The molecule has 2 fully saturated rings. The maximum atomic E-state index is 5.98. The van der Waals surface area contributed by atoms with Crippen molar-refractivity contribution in [1.82, 2.24) is 14.8 Å². The molecule has 136 valence electrons. The van der Waals surface area contributed by atoms with Gasteiger partial charge in [0.15, 0.2) is 0 Å². The van der Waals surface area contributed by atoms with Crippen molar-refractivity contribution in [2.45, 2.75) is 50.8 Å². The number of benzene rings is 1. The Balaban J connectivity index is 1.47. The van der Waals surface area contributed by atoms with Crippen LogP contribution in [0.4, 0.5) is 5.69 Å². The molecule has 3 heterocycles. The van der Waals surface area contributed by atoms with E-state index in [1.165, 1.54) is 47.8 Å². The average molecular weight is 358 g/mol. The molecule has 1 aromatic carbocycles. The van der Waals surface area contributed by atoms with Crippen molar-refractivity contribution in [2.75, 3.05) is 4.90 Å². The highest BCUT2D eigenvalue weighted by molar-refractivity contribution is 5.86. The van der Waals surface area contributed by atoms with Gasteiger partial charge in [-0.2, -0.15) is 5.10 Å². The lowest BCUT2D eigenvalue weighted by Crippen LogP contribution is -2.21. The van der Waals surface area contributed by atoms with Crippen LogP contribution in [0, 0.1) is 6.92 Å². The molecule has 5 nitrogen and oxygen atoms in total. The van der Waals surface area contributed by atoms with E-state index in [0.717, 1.165) is 11.3 Å². The molecule has 2 saturated carbocycles. The fourth-order valence-electron chi connectivity index (χ4n) is 4.14. The fourth-order valence-corrected chi connectivity index (χ4v) is 4.14. The number of hydrogen-bond acceptors (Lipinski definition) is 4. The Kier molecular flexibility index (Phi) is 3.16. The number of hydrogen-bond donors (Lipinski definition) is 0. The lowest BCUT2D eigenvalue weighted by atomic mass is 10.0. The Labute approximate surface area is 158 Å². The van der Waals surface area contributed by atoms with Gasteiger partial charge >= 0.3 is 0 Å². The monoisotopic (exact) mass is 358 g/mol. The molecule has 0 spiro atoms. The quantitative estimate of drug-likeness (QED) is 0.661. The van der Waals surface area contributed by atoms with Gasteiger partial charge in [-0.3, -0.25) is 9.67 Å². The second-order valence-electron chi connectivity index (χ2n) is 7.98. The van der Waals surface area contributed by atoms with Gasteiger partial charge in [-0.15, -0.1) is 0 Å². The van der Waals surface area contributed by atoms with Crippen molar-refractivity contribution in [3.05, 3.63) is 65.9 Å². The van der Waals surface area contributed by atoms with Crippen LogP contribution in [-0.4, -0.2) is 14.8 Å². The van der Waals surface area contributed by atoms with Crippen LogP contribution in [0.15, 0.2) is 49.1 Å². The van der Waals surface area contributed by atoms with Gasteiger partial charge in [0.25, 0.3) is 0 Å². The summed E-state index contributed by atoms with van der Waals surface area (Å²) < 4.78 is 8.21. The molecular formula is C22H22N4O. The molecule has 2 aliphatic carbocycles. The van der Waals surface area contributed by atoms with Crippen molar-refractivity contribution >= 4 is 16.6 Å². The summed E-state index contributed by atoms with van der Waals surface area (Å²) in [5.74, 6) is 0.653. The third-order valence-electron chi connectivity index (χ3n) is 5.82. The summed E-state index contributed by atoms with van der Waals surface area (Å²) in [5.41, 5.74) is 6.09. The minimum atomic E-state index is -0.139. The number of aromatic nitrogens is 3. The first-order valence-corrected chi connectivity index (χ1v) is 9.82. The topological polar surface area (TPSA) is 43.2 Å². The molecule has 3 aliphatic rings. The third-order valence-corrected chi connectivity index (χ3v) is 5.82. The first-order valence-electron chi connectivity index (χ1n) is 9.82. The predicted molar refractivity (Wildman–Crippen MR) is 104 cm³/mol. The highest BCUT2D eigenvalue weighted by atomic mass is 16.5. The second-order valence-corrected chi connectivity index (χ2v) is 7.98. The molecule has 2 aromatic heterocycles. The molecule has 0 saturated heterocycles. The molecule has 1 aliphatic heterocycles. The van der Waals surface area contributed by atoms with Crippen LogP contribution >= 0.6 is 0 Å². The van der Waals surface area contributed by atoms with E-state index in [4.69, 9.17) is 4.74 Å². The van der Waals surface area contributed by atoms with Gasteiger partial charge in [0, 0.05) is 34.7 Å². The summed E-state index contributed by atoms with van der Waals surface area (Å²) in [6.07, 6.45) is 12.6. The maximum absolute atomic E-state index is 5.98. The smallest absolute Gasteiger partial charge is 0.201 e. The SMILES string of the molecule is Cc1cc(C2OC=CN2c2cc3cnn(C4CC4)c3cc2C2CC2)ccn1. The van der Waals surface area contributed by atoms with Gasteiger partial charge in [0.2, 0.25) is 6.23 Å². The molecule has 3 aromatic rings. The molecule has 0 bridgehead atoms. The second kappa shape index (κ2) is 5.59. The Hall–Kier alpha value is -2.82. The summed E-state index contributed by atoms with van der Waals surface area (Å²) in [5, 5.41) is 5.89. The van der Waals surface area contributed by atoms with Crippen molar-refractivity contribution in [1.29, 1.82) is 0 Å². The lowest BCUT2D eigenvalue weighted by molar-refractivity contribution is 0.174. The number of nitrogens with zero attached hydrogens (tertiary/aromatic N) is 4. The van der Waals surface area contributed by atoms with Gasteiger partial charge in [-0.05, 0) is 68.4 Å². The van der Waals surface area contributed by atoms with Gasteiger partial charge in [0.05, 0.1) is 17.8 Å². The molecule has 1 unspecified atom stereocenters. The highest BCUT2D eigenvalue weighted by Crippen LogP contribution is 2.49. The summed E-state index contributed by atoms with van der Waals surface area (Å²) in [7, 11) is 0. The zero-order valence-corrected chi connectivity index (χ0v) is 15.4. The van der Waals surface area contributed by atoms with E-state index in [1.54, 1.807) is 6.26 Å². The van der Waals surface area contributed by atoms with Crippen molar-refractivity contribution in [3.8, 4) is 0 Å². The van der Waals surface area contributed by atoms with Crippen molar-refractivity contribution in [2.24, 2.45) is 0 Å². The largest absolute Gasteiger partial charge is 0.472 e. The minimum absolute atomic E-state index is 0.139. The summed E-state index contributed by atoms with van der Waals surface area (Å²) >= 11 is 0. The molecular weight excluding hydrogens is 336 g/mol. The summed E-state index contributed by atoms with van der Waals surface area (Å²) in [6, 6.07) is 9.43. The number of aryl methyl sites for hydroxylation is 1. The fraction of sp³-hybridized carbons (Fsp3) is 0.364. The molecule has 0 amide bonds. The average Bonchev–Trinajstić information content (AvgIpc) is 3.61. The first kappa shape index (κ1) is 15.3. The Morgan fingerprint density at radius 3 is 2.78 bits per heavy atom. The Bertz CT molecular complexity index is 1060. The summed E-state index contributed by atoms with van der Waals surface area (Å²) in [4.78, 5) is 6.59. The van der Waals surface area contributed by atoms with Crippen LogP contribution in [0.5, 0.6) is 0 Å². The van der Waals surface area contributed by atoms with E-state index in [2.05, 4.69) is 44.1 Å². The number of anilines is 1. The van der Waals surface area contributed by atoms with Crippen LogP contribution in [0.25, 0.3) is 10.9 Å². The van der Waals surface area contributed by atoms with Crippen molar-refractivity contribution < 1.29 is 4.74 Å². The number of rotatable bonds is 4. The van der Waals surface area contributed by atoms with E-state index >= 15 is 0 Å². The van der Waals surface area contributed by atoms with Gasteiger partial charge < -0.3 is 9.64 Å². The minimum Gasteiger partial charge on any atom is -0.472 e. The van der Waals surface area contributed by atoms with E-state index in [1.807, 2.05) is 25.4 Å². The predicted octanol–water partition coefficient (Wildman–Crippen LogP) is 4.96. The number of pyridine rings is 1. The molecule has 0 N–H and O–H groups in total. The zero-order valence-electron chi connectivity index (χ0n) is 15.4. The van der Waals surface area contributed by atoms with Crippen LogP contribution in [0.2, 0.25) is 0 Å². The van der Waals surface area contributed by atoms with Crippen LogP contribution < -0.4 is 4.90 Å². The van der Waals surface area contributed by atoms with Gasteiger partial charge in [0.1, 0.15) is 6.26 Å². The van der Waals surface area contributed by atoms with Gasteiger partial charge in [-0.25, -0.2) is 0 Å². The van der Waals surface area contributed by atoms with Gasteiger partial charge in [-0.1, -0.05) is 0 Å². The lowest BCUT2D eigenvalue weighted by Gasteiger charge is -2.27. The maximum Gasteiger partial charge on any atom is 0.201 e. The van der Waals surface area contributed by atoms with Crippen molar-refractivity contribution in [3.63, 3.8) is 0 Å². The van der Waals surface area contributed by atoms with Crippen LogP contribution in [0.1, 0.15) is 60.7 Å². The van der Waals surface area contributed by atoms with Crippen LogP contribution in [0.3, 0.4) is 0 Å². The molecule has 0 radical (unpaired) electrons. The molecule has 6 rings (SSSR count). The Morgan fingerprint density at radius 2 is 2.00 bits per heavy atom. The molecule has 1 atom stereocenters. The highest BCUT2D eigenvalue weighted by Gasteiger charge is 2.34.